The highest BCUT2D eigenvalue weighted by Crippen LogP contribution is 2.47. The first-order chi connectivity index (χ1) is 14.8. The van der Waals surface area contributed by atoms with Crippen LogP contribution in [0.1, 0.15) is 18.1 Å². The Morgan fingerprint density at radius 1 is 0.700 bits per heavy atom. The van der Waals surface area contributed by atoms with Crippen molar-refractivity contribution in [1.82, 2.24) is 0 Å². The van der Waals surface area contributed by atoms with Crippen molar-refractivity contribution in [3.63, 3.8) is 0 Å². The Morgan fingerprint density at radius 3 is 1.83 bits per heavy atom. The molecule has 4 aromatic rings. The van der Waals surface area contributed by atoms with Crippen LogP contribution >= 0.6 is 0 Å². The largest absolute Gasteiger partial charge is 0.495 e. The van der Waals surface area contributed by atoms with Crippen molar-refractivity contribution in [2.45, 2.75) is 20.0 Å². The van der Waals surface area contributed by atoms with E-state index >= 15 is 0 Å². The predicted molar refractivity (Wildman–Crippen MR) is 123 cm³/mol. The van der Waals surface area contributed by atoms with Crippen molar-refractivity contribution < 1.29 is 9.47 Å². The highest BCUT2D eigenvalue weighted by atomic mass is 16.5. The number of hydrogen-bond donors (Lipinski definition) is 0. The summed E-state index contributed by atoms with van der Waals surface area (Å²) in [6, 6.07) is 34.4. The molecule has 0 N–H and O–H groups in total. The Bertz CT molecular complexity index is 1090. The molecule has 4 aromatic carbocycles. The molecule has 0 aliphatic heterocycles. The van der Waals surface area contributed by atoms with Gasteiger partial charge in [-0.1, -0.05) is 97.9 Å². The maximum Gasteiger partial charge on any atom is 0.138 e. The van der Waals surface area contributed by atoms with Crippen LogP contribution in [0.25, 0.3) is 22.3 Å². The molecule has 0 unspecified atom stereocenters. The molecule has 0 amide bonds. The zero-order chi connectivity index (χ0) is 20.8. The van der Waals surface area contributed by atoms with E-state index in [4.69, 9.17) is 9.47 Å². The molecule has 2 heteroatoms. The first kappa shape index (κ1) is 19.8. The van der Waals surface area contributed by atoms with Crippen LogP contribution < -0.4 is 9.47 Å². The van der Waals surface area contributed by atoms with E-state index in [0.717, 1.165) is 51.3 Å². The lowest BCUT2D eigenvalue weighted by atomic mass is 9.92. The number of rotatable bonds is 7. The van der Waals surface area contributed by atoms with Gasteiger partial charge in [0.2, 0.25) is 0 Å². The van der Waals surface area contributed by atoms with Gasteiger partial charge >= 0.3 is 0 Å². The van der Waals surface area contributed by atoms with E-state index in [1.54, 1.807) is 7.11 Å². The quantitative estimate of drug-likeness (QED) is 0.337. The van der Waals surface area contributed by atoms with Gasteiger partial charge in [0.15, 0.2) is 0 Å². The standard InChI is InChI=1S/C28H25O2/c1-3-22-19-25(23-15-9-5-10-16-23)28(29-2)26(24-17-11-6-12-18-24)27(22)30-20-21-13-7-4-8-14-21/h4-18H,3,20H2,1-2H3. The minimum atomic E-state index is 0.495. The molecule has 30 heavy (non-hydrogen) atoms. The topological polar surface area (TPSA) is 18.5 Å². The summed E-state index contributed by atoms with van der Waals surface area (Å²) < 4.78 is 12.4. The van der Waals surface area contributed by atoms with E-state index in [0.29, 0.717) is 6.61 Å². The molecule has 0 bridgehead atoms. The Labute approximate surface area is 178 Å². The van der Waals surface area contributed by atoms with Gasteiger partial charge in [0.25, 0.3) is 0 Å². The molecule has 0 aliphatic rings. The molecule has 0 heterocycles. The van der Waals surface area contributed by atoms with E-state index in [2.05, 4.69) is 49.4 Å². The van der Waals surface area contributed by atoms with Crippen molar-refractivity contribution in [2.24, 2.45) is 0 Å². The molecule has 0 atom stereocenters. The smallest absolute Gasteiger partial charge is 0.138 e. The molecule has 0 saturated heterocycles. The van der Waals surface area contributed by atoms with Crippen LogP contribution in [0.2, 0.25) is 0 Å². The third kappa shape index (κ3) is 4.08. The second-order valence-electron chi connectivity index (χ2n) is 7.08. The number of hydrogen-bond acceptors (Lipinski definition) is 2. The van der Waals surface area contributed by atoms with Crippen LogP contribution in [-0.4, -0.2) is 7.11 Å². The summed E-state index contributed by atoms with van der Waals surface area (Å²) in [5, 5.41) is 0. The second-order valence-corrected chi connectivity index (χ2v) is 7.08. The van der Waals surface area contributed by atoms with Gasteiger partial charge in [-0.25, -0.2) is 0 Å². The molecule has 0 saturated carbocycles. The van der Waals surface area contributed by atoms with Gasteiger partial charge in [0.1, 0.15) is 18.1 Å². The van der Waals surface area contributed by atoms with Crippen LogP contribution in [0.15, 0.2) is 91.0 Å². The van der Waals surface area contributed by atoms with Gasteiger partial charge in [-0.2, -0.15) is 0 Å². The highest BCUT2D eigenvalue weighted by Gasteiger charge is 2.22. The van der Waals surface area contributed by atoms with Crippen LogP contribution in [0.3, 0.4) is 0 Å². The molecular formula is C28H25O2. The first-order valence-corrected chi connectivity index (χ1v) is 10.3. The van der Waals surface area contributed by atoms with Crippen LogP contribution in [-0.2, 0) is 13.0 Å². The highest BCUT2D eigenvalue weighted by molar-refractivity contribution is 5.87. The summed E-state index contributed by atoms with van der Waals surface area (Å²) in [5.74, 6) is 1.62. The van der Waals surface area contributed by atoms with Crippen LogP contribution in [0, 0.1) is 6.07 Å². The lowest BCUT2D eigenvalue weighted by Gasteiger charge is -2.21. The fraction of sp³-hybridized carbons (Fsp3) is 0.143. The molecule has 2 nitrogen and oxygen atoms in total. The number of methoxy groups -OCH3 is 1. The lowest BCUT2D eigenvalue weighted by Crippen LogP contribution is -2.04. The zero-order valence-electron chi connectivity index (χ0n) is 17.4. The monoisotopic (exact) mass is 393 g/mol. The van der Waals surface area contributed by atoms with Crippen molar-refractivity contribution in [3.8, 4) is 33.8 Å². The van der Waals surface area contributed by atoms with Gasteiger partial charge in [-0.15, -0.1) is 0 Å². The normalized spacial score (nSPS) is 10.6. The summed E-state index contributed by atoms with van der Waals surface area (Å²) in [4.78, 5) is 0. The third-order valence-electron chi connectivity index (χ3n) is 5.14. The molecule has 0 spiro atoms. The van der Waals surface area contributed by atoms with E-state index in [1.807, 2.05) is 54.6 Å². The second kappa shape index (κ2) is 9.32. The van der Waals surface area contributed by atoms with Crippen LogP contribution in [0.4, 0.5) is 0 Å². The molecule has 149 valence electrons. The maximum atomic E-state index is 6.42. The maximum absolute atomic E-state index is 6.42. The molecule has 0 fully saturated rings. The lowest BCUT2D eigenvalue weighted by molar-refractivity contribution is 0.302. The fourth-order valence-corrected chi connectivity index (χ4v) is 3.66. The van der Waals surface area contributed by atoms with Gasteiger partial charge in [-0.05, 0) is 23.1 Å². The number of benzene rings is 4. The van der Waals surface area contributed by atoms with Gasteiger partial charge in [-0.3, -0.25) is 0 Å². The molecular weight excluding hydrogens is 368 g/mol. The summed E-state index contributed by atoms with van der Waals surface area (Å²) in [6.45, 7) is 2.63. The van der Waals surface area contributed by atoms with E-state index < -0.39 is 0 Å². The van der Waals surface area contributed by atoms with Gasteiger partial charge in [0.05, 0.1) is 12.7 Å². The summed E-state index contributed by atoms with van der Waals surface area (Å²) >= 11 is 0. The Balaban J connectivity index is 1.91. The van der Waals surface area contributed by atoms with Crippen molar-refractivity contribution >= 4 is 0 Å². The Kier molecular flexibility index (Phi) is 6.14. The summed E-state index contributed by atoms with van der Waals surface area (Å²) in [7, 11) is 1.72. The Hall–Kier alpha value is -3.52. The van der Waals surface area contributed by atoms with Gasteiger partial charge < -0.3 is 9.47 Å². The number of aryl methyl sites for hydroxylation is 1. The Morgan fingerprint density at radius 2 is 1.27 bits per heavy atom. The van der Waals surface area contributed by atoms with E-state index in [9.17, 15) is 0 Å². The van der Waals surface area contributed by atoms with E-state index in [1.165, 1.54) is 0 Å². The molecule has 1 radical (unpaired) electrons. The zero-order valence-corrected chi connectivity index (χ0v) is 17.4. The minimum Gasteiger partial charge on any atom is -0.495 e. The SMILES string of the molecule is CCc1[c]c(-c2ccccc2)c(OC)c(-c2ccccc2)c1OCc1ccccc1. The third-order valence-corrected chi connectivity index (χ3v) is 5.14. The first-order valence-electron chi connectivity index (χ1n) is 10.3. The van der Waals surface area contributed by atoms with E-state index in [-0.39, 0.29) is 0 Å². The number of ether oxygens (including phenoxy) is 2. The molecule has 4 rings (SSSR count). The fourth-order valence-electron chi connectivity index (χ4n) is 3.66. The predicted octanol–water partition coefficient (Wildman–Crippen LogP) is 6.97. The van der Waals surface area contributed by atoms with Crippen molar-refractivity contribution in [3.05, 3.63) is 108 Å². The average molecular weight is 394 g/mol. The minimum absolute atomic E-state index is 0.495. The van der Waals surface area contributed by atoms with Crippen molar-refractivity contribution in [2.75, 3.05) is 7.11 Å². The van der Waals surface area contributed by atoms with Crippen LogP contribution in [0.5, 0.6) is 11.5 Å². The summed E-state index contributed by atoms with van der Waals surface area (Å²) in [5.41, 5.74) is 6.26. The molecule has 0 aromatic heterocycles. The summed E-state index contributed by atoms with van der Waals surface area (Å²) in [6.07, 6.45) is 0.813. The van der Waals surface area contributed by atoms with Gasteiger partial charge in [0, 0.05) is 17.2 Å². The average Bonchev–Trinajstić information content (AvgIpc) is 2.83. The molecule has 0 aliphatic carbocycles. The van der Waals surface area contributed by atoms with Crippen molar-refractivity contribution in [1.29, 1.82) is 0 Å².